The van der Waals surface area contributed by atoms with Crippen molar-refractivity contribution in [2.24, 2.45) is 5.92 Å². The molecule has 0 saturated heterocycles. The molecule has 0 bridgehead atoms. The molecule has 1 unspecified atom stereocenters. The molecule has 1 aromatic rings. The van der Waals surface area contributed by atoms with Gasteiger partial charge < -0.3 is 15.7 Å². The van der Waals surface area contributed by atoms with Crippen molar-refractivity contribution >= 4 is 17.8 Å². The highest BCUT2D eigenvalue weighted by atomic mass is 16.4. The van der Waals surface area contributed by atoms with Crippen molar-refractivity contribution in [3.05, 3.63) is 35.9 Å². The van der Waals surface area contributed by atoms with Crippen LogP contribution < -0.4 is 10.6 Å². The van der Waals surface area contributed by atoms with Crippen LogP contribution in [-0.2, 0) is 20.8 Å². The van der Waals surface area contributed by atoms with Crippen LogP contribution in [0.5, 0.6) is 0 Å². The van der Waals surface area contributed by atoms with Gasteiger partial charge in [0.1, 0.15) is 6.04 Å². The molecule has 0 aromatic heterocycles. The first-order chi connectivity index (χ1) is 12.0. The Morgan fingerprint density at radius 2 is 1.76 bits per heavy atom. The molecule has 6 heteroatoms. The fourth-order valence-corrected chi connectivity index (χ4v) is 3.18. The average Bonchev–Trinajstić information content (AvgIpc) is 3.09. The average molecular weight is 346 g/mol. The second-order valence-corrected chi connectivity index (χ2v) is 6.74. The lowest BCUT2D eigenvalue weighted by atomic mass is 10.1. The highest BCUT2D eigenvalue weighted by Crippen LogP contribution is 2.24. The van der Waals surface area contributed by atoms with Gasteiger partial charge in [-0.3, -0.25) is 9.59 Å². The van der Waals surface area contributed by atoms with Gasteiger partial charge in [-0.1, -0.05) is 43.2 Å². The topological polar surface area (TPSA) is 95.5 Å². The first-order valence-corrected chi connectivity index (χ1v) is 8.82. The third-order valence-electron chi connectivity index (χ3n) is 4.52. The summed E-state index contributed by atoms with van der Waals surface area (Å²) in [4.78, 5) is 35.6. The summed E-state index contributed by atoms with van der Waals surface area (Å²) >= 11 is 0. The van der Waals surface area contributed by atoms with Gasteiger partial charge in [-0.05, 0) is 25.3 Å². The number of hydrogen-bond donors (Lipinski definition) is 3. The molecule has 25 heavy (non-hydrogen) atoms. The van der Waals surface area contributed by atoms with Gasteiger partial charge in [0.15, 0.2) is 0 Å². The predicted octanol–water partition coefficient (Wildman–Crippen LogP) is 1.88. The number of hydrogen-bond acceptors (Lipinski definition) is 3. The van der Waals surface area contributed by atoms with Gasteiger partial charge in [-0.25, -0.2) is 4.79 Å². The lowest BCUT2D eigenvalue weighted by molar-refractivity contribution is -0.142. The molecule has 0 heterocycles. The van der Waals surface area contributed by atoms with Crippen LogP contribution in [0.3, 0.4) is 0 Å². The minimum Gasteiger partial charge on any atom is -0.480 e. The van der Waals surface area contributed by atoms with Crippen LogP contribution >= 0.6 is 0 Å². The standard InChI is InChI=1S/C19H26N2O4/c1-13(20-18(23)15-9-5-6-10-15)11-17(22)21-16(19(24)25)12-14-7-3-2-4-8-14/h2-4,7-8,13,15-16H,5-6,9-12H2,1H3,(H,20,23)(H,21,22)(H,24,25)/t13?,16-/m1/s1. The first-order valence-electron chi connectivity index (χ1n) is 8.82. The van der Waals surface area contributed by atoms with E-state index in [1.54, 1.807) is 6.92 Å². The predicted molar refractivity (Wildman–Crippen MR) is 93.9 cm³/mol. The number of aliphatic carboxylic acids is 1. The van der Waals surface area contributed by atoms with Gasteiger partial charge in [0.05, 0.1) is 0 Å². The Kier molecular flexibility index (Phi) is 6.98. The zero-order valence-electron chi connectivity index (χ0n) is 14.5. The zero-order valence-corrected chi connectivity index (χ0v) is 14.5. The lowest BCUT2D eigenvalue weighted by Crippen LogP contribution is -2.45. The summed E-state index contributed by atoms with van der Waals surface area (Å²) in [5.41, 5.74) is 0.845. The molecule has 1 aliphatic carbocycles. The highest BCUT2D eigenvalue weighted by Gasteiger charge is 2.25. The first kappa shape index (κ1) is 19.0. The fraction of sp³-hybridized carbons (Fsp3) is 0.526. The molecule has 3 N–H and O–H groups in total. The largest absolute Gasteiger partial charge is 0.480 e. The third kappa shape index (κ3) is 6.21. The Hall–Kier alpha value is -2.37. The lowest BCUT2D eigenvalue weighted by Gasteiger charge is -2.19. The minimum atomic E-state index is -1.07. The molecule has 136 valence electrons. The molecule has 1 fully saturated rings. The van der Waals surface area contributed by atoms with E-state index in [4.69, 9.17) is 0 Å². The SMILES string of the molecule is CC(CC(=O)N[C@H](Cc1ccccc1)C(=O)O)NC(=O)C1CCCC1. The number of carboxylic acids is 1. The van der Waals surface area contributed by atoms with Crippen LogP contribution in [0.25, 0.3) is 0 Å². The number of benzene rings is 1. The molecule has 2 rings (SSSR count). The molecule has 0 aliphatic heterocycles. The van der Waals surface area contributed by atoms with Crippen molar-refractivity contribution in [2.45, 2.75) is 57.5 Å². The van der Waals surface area contributed by atoms with E-state index in [2.05, 4.69) is 10.6 Å². The van der Waals surface area contributed by atoms with Gasteiger partial charge >= 0.3 is 5.97 Å². The van der Waals surface area contributed by atoms with Crippen LogP contribution in [0.15, 0.2) is 30.3 Å². The Morgan fingerprint density at radius 3 is 2.36 bits per heavy atom. The summed E-state index contributed by atoms with van der Waals surface area (Å²) < 4.78 is 0. The molecule has 1 aliphatic rings. The van der Waals surface area contributed by atoms with Crippen molar-refractivity contribution in [1.82, 2.24) is 10.6 Å². The summed E-state index contributed by atoms with van der Waals surface area (Å²) in [6, 6.07) is 7.87. The maximum absolute atomic E-state index is 12.1. The summed E-state index contributed by atoms with van der Waals surface area (Å²) in [6.07, 6.45) is 4.26. The quantitative estimate of drug-likeness (QED) is 0.670. The van der Waals surface area contributed by atoms with E-state index in [1.807, 2.05) is 30.3 Å². The zero-order chi connectivity index (χ0) is 18.2. The van der Waals surface area contributed by atoms with Crippen molar-refractivity contribution in [3.63, 3.8) is 0 Å². The Balaban J connectivity index is 1.81. The van der Waals surface area contributed by atoms with E-state index in [9.17, 15) is 19.5 Å². The van der Waals surface area contributed by atoms with Crippen molar-refractivity contribution in [3.8, 4) is 0 Å². The molecule has 2 atom stereocenters. The van der Waals surface area contributed by atoms with Crippen molar-refractivity contribution < 1.29 is 19.5 Å². The minimum absolute atomic E-state index is 0.00290. The second kappa shape index (κ2) is 9.20. The van der Waals surface area contributed by atoms with Gasteiger partial charge in [0.25, 0.3) is 0 Å². The summed E-state index contributed by atoms with van der Waals surface area (Å²) in [5.74, 6) is -1.39. The number of carbonyl (C=O) groups is 3. The maximum atomic E-state index is 12.1. The third-order valence-corrected chi connectivity index (χ3v) is 4.52. The van der Waals surface area contributed by atoms with Crippen LogP contribution in [0, 0.1) is 5.92 Å². The molecule has 2 amide bonds. The van der Waals surface area contributed by atoms with Gasteiger partial charge in [-0.2, -0.15) is 0 Å². The highest BCUT2D eigenvalue weighted by molar-refractivity contribution is 5.85. The maximum Gasteiger partial charge on any atom is 0.326 e. The number of nitrogens with one attached hydrogen (secondary N) is 2. The molecular weight excluding hydrogens is 320 g/mol. The Bertz CT molecular complexity index is 597. The van der Waals surface area contributed by atoms with Crippen LogP contribution in [0.1, 0.15) is 44.6 Å². The summed E-state index contributed by atoms with van der Waals surface area (Å²) in [5, 5.41) is 14.7. The van der Waals surface area contributed by atoms with E-state index >= 15 is 0 Å². The van der Waals surface area contributed by atoms with E-state index in [0.29, 0.717) is 0 Å². The Morgan fingerprint density at radius 1 is 1.12 bits per heavy atom. The van der Waals surface area contributed by atoms with E-state index in [-0.39, 0.29) is 36.6 Å². The molecule has 0 spiro atoms. The fourth-order valence-electron chi connectivity index (χ4n) is 3.18. The Labute approximate surface area is 148 Å². The van der Waals surface area contributed by atoms with Crippen LogP contribution in [0.2, 0.25) is 0 Å². The smallest absolute Gasteiger partial charge is 0.326 e. The summed E-state index contributed by atoms with van der Waals surface area (Å²) in [7, 11) is 0. The normalized spacial score (nSPS) is 16.8. The van der Waals surface area contributed by atoms with Crippen molar-refractivity contribution in [2.75, 3.05) is 0 Å². The number of carbonyl (C=O) groups excluding carboxylic acids is 2. The van der Waals surface area contributed by atoms with Gasteiger partial charge in [0, 0.05) is 24.8 Å². The van der Waals surface area contributed by atoms with E-state index < -0.39 is 12.0 Å². The number of carboxylic acid groups (broad SMARTS) is 1. The van der Waals surface area contributed by atoms with E-state index in [0.717, 1.165) is 31.2 Å². The van der Waals surface area contributed by atoms with E-state index in [1.165, 1.54) is 0 Å². The van der Waals surface area contributed by atoms with Gasteiger partial charge in [0.2, 0.25) is 11.8 Å². The second-order valence-electron chi connectivity index (χ2n) is 6.74. The molecule has 1 saturated carbocycles. The van der Waals surface area contributed by atoms with Gasteiger partial charge in [-0.15, -0.1) is 0 Å². The van der Waals surface area contributed by atoms with Crippen molar-refractivity contribution in [1.29, 1.82) is 0 Å². The molecule has 0 radical (unpaired) electrons. The molecular formula is C19H26N2O4. The monoisotopic (exact) mass is 346 g/mol. The number of amides is 2. The van der Waals surface area contributed by atoms with Crippen LogP contribution in [0.4, 0.5) is 0 Å². The number of rotatable bonds is 8. The summed E-state index contributed by atoms with van der Waals surface area (Å²) in [6.45, 7) is 1.76. The van der Waals surface area contributed by atoms with Crippen LogP contribution in [-0.4, -0.2) is 35.0 Å². The molecule has 1 aromatic carbocycles. The molecule has 6 nitrogen and oxygen atoms in total.